The minimum Gasteiger partial charge on any atom is -0.486 e. The number of ether oxygens (including phenoxy) is 2. The van der Waals surface area contributed by atoms with E-state index in [0.717, 1.165) is 41.6 Å². The second kappa shape index (κ2) is 12.8. The van der Waals surface area contributed by atoms with Crippen LogP contribution in [0.1, 0.15) is 60.9 Å². The Kier molecular flexibility index (Phi) is 8.93. The van der Waals surface area contributed by atoms with Gasteiger partial charge in [0, 0.05) is 30.7 Å². The van der Waals surface area contributed by atoms with Gasteiger partial charge in [-0.1, -0.05) is 62.7 Å². The topological polar surface area (TPSA) is 79.3 Å². The maximum absolute atomic E-state index is 14.0. The molecule has 0 aromatic heterocycles. The van der Waals surface area contributed by atoms with E-state index in [-0.39, 0.29) is 18.4 Å². The number of anilines is 1. The first-order valence-electron chi connectivity index (χ1n) is 14.7. The molecule has 7 heteroatoms. The van der Waals surface area contributed by atoms with Crippen molar-refractivity contribution in [1.82, 2.24) is 4.90 Å². The quantitative estimate of drug-likeness (QED) is 0.330. The number of hydrogen-bond donors (Lipinski definition) is 1. The van der Waals surface area contributed by atoms with Crippen LogP contribution >= 0.6 is 0 Å². The standard InChI is InChI=1S/C34H40N2O5/c1-4-6-16-36(27-9-7-8-23(3)19-27)31(37)22-35-21-28(26-14-15-29-30(20-26)41-18-17-40-29)32(34(38)39)33(35)25-12-10-24(5-2)11-13-25/h7-15,19-20,28,32-33H,4-6,16-18,21-22H2,1-3H3,(H,38,39). The summed E-state index contributed by atoms with van der Waals surface area (Å²) in [5, 5.41) is 10.6. The van der Waals surface area contributed by atoms with E-state index in [4.69, 9.17) is 9.47 Å². The molecule has 1 saturated heterocycles. The Morgan fingerprint density at radius 3 is 2.37 bits per heavy atom. The van der Waals surface area contributed by atoms with E-state index < -0.39 is 17.9 Å². The summed E-state index contributed by atoms with van der Waals surface area (Å²) in [7, 11) is 0. The molecule has 216 valence electrons. The van der Waals surface area contributed by atoms with Gasteiger partial charge in [0.05, 0.1) is 12.5 Å². The van der Waals surface area contributed by atoms with Gasteiger partial charge >= 0.3 is 5.97 Å². The molecule has 7 nitrogen and oxygen atoms in total. The zero-order chi connectivity index (χ0) is 28.9. The molecule has 5 rings (SSSR count). The maximum atomic E-state index is 14.0. The van der Waals surface area contributed by atoms with Crippen molar-refractivity contribution in [3.63, 3.8) is 0 Å². The lowest BCUT2D eigenvalue weighted by molar-refractivity contribution is -0.143. The Morgan fingerprint density at radius 1 is 0.951 bits per heavy atom. The number of carbonyl (C=O) groups is 2. The number of hydrogen-bond acceptors (Lipinski definition) is 5. The fraction of sp³-hybridized carbons (Fsp3) is 0.412. The number of carbonyl (C=O) groups excluding carboxylic acids is 1. The number of benzene rings is 3. The second-order valence-corrected chi connectivity index (χ2v) is 11.1. The van der Waals surface area contributed by atoms with E-state index in [1.54, 1.807) is 0 Å². The van der Waals surface area contributed by atoms with Gasteiger partial charge < -0.3 is 19.5 Å². The molecule has 1 fully saturated rings. The molecule has 3 aromatic carbocycles. The molecule has 3 aromatic rings. The molecule has 0 aliphatic carbocycles. The lowest BCUT2D eigenvalue weighted by Gasteiger charge is -2.30. The van der Waals surface area contributed by atoms with Gasteiger partial charge in [0.15, 0.2) is 11.5 Å². The lowest BCUT2D eigenvalue weighted by atomic mass is 9.82. The highest BCUT2D eigenvalue weighted by Crippen LogP contribution is 2.47. The molecule has 1 amide bonds. The van der Waals surface area contributed by atoms with Gasteiger partial charge in [-0.25, -0.2) is 0 Å². The van der Waals surface area contributed by atoms with E-state index in [1.165, 1.54) is 5.56 Å². The van der Waals surface area contributed by atoms with Gasteiger partial charge in [0.1, 0.15) is 13.2 Å². The normalized spacial score (nSPS) is 20.1. The molecular formula is C34H40N2O5. The van der Waals surface area contributed by atoms with Gasteiger partial charge in [-0.05, 0) is 66.3 Å². The Balaban J connectivity index is 1.51. The largest absolute Gasteiger partial charge is 0.486 e. The van der Waals surface area contributed by atoms with E-state index in [9.17, 15) is 14.7 Å². The highest BCUT2D eigenvalue weighted by molar-refractivity contribution is 5.95. The fourth-order valence-corrected chi connectivity index (χ4v) is 6.14. The monoisotopic (exact) mass is 556 g/mol. The second-order valence-electron chi connectivity index (χ2n) is 11.1. The summed E-state index contributed by atoms with van der Waals surface area (Å²) in [6, 6.07) is 21.5. The average molecular weight is 557 g/mol. The number of likely N-dealkylation sites (tertiary alicyclic amines) is 1. The van der Waals surface area contributed by atoms with Crippen LogP contribution in [0.25, 0.3) is 0 Å². The fourth-order valence-electron chi connectivity index (χ4n) is 6.14. The SMILES string of the molecule is CCCCN(C(=O)CN1CC(c2ccc3c(c2)OCCO3)C(C(=O)O)C1c1ccc(CC)cc1)c1cccc(C)c1. The molecule has 0 spiro atoms. The van der Waals surface area contributed by atoms with Crippen molar-refractivity contribution in [2.75, 3.05) is 37.7 Å². The van der Waals surface area contributed by atoms with E-state index >= 15 is 0 Å². The van der Waals surface area contributed by atoms with Crippen molar-refractivity contribution < 1.29 is 24.2 Å². The summed E-state index contributed by atoms with van der Waals surface area (Å²) in [6.45, 7) is 8.39. The molecule has 2 aliphatic rings. The van der Waals surface area contributed by atoms with Crippen LogP contribution in [0.4, 0.5) is 5.69 Å². The Hall–Kier alpha value is -3.84. The molecule has 3 atom stereocenters. The smallest absolute Gasteiger partial charge is 0.309 e. The molecule has 0 radical (unpaired) electrons. The highest BCUT2D eigenvalue weighted by Gasteiger charge is 2.48. The van der Waals surface area contributed by atoms with Crippen molar-refractivity contribution in [3.8, 4) is 11.5 Å². The van der Waals surface area contributed by atoms with Crippen LogP contribution in [0.3, 0.4) is 0 Å². The molecule has 3 unspecified atom stereocenters. The number of unbranched alkanes of at least 4 members (excludes halogenated alkanes) is 1. The van der Waals surface area contributed by atoms with Gasteiger partial charge in [0.25, 0.3) is 0 Å². The first-order chi connectivity index (χ1) is 19.9. The van der Waals surface area contributed by atoms with Crippen molar-refractivity contribution in [2.45, 2.75) is 52.0 Å². The number of amides is 1. The first kappa shape index (κ1) is 28.7. The highest BCUT2D eigenvalue weighted by atomic mass is 16.6. The van der Waals surface area contributed by atoms with Crippen molar-refractivity contribution in [2.24, 2.45) is 5.92 Å². The zero-order valence-corrected chi connectivity index (χ0v) is 24.2. The third-order valence-electron chi connectivity index (χ3n) is 8.30. The molecule has 41 heavy (non-hydrogen) atoms. The number of nitrogens with zero attached hydrogens (tertiary/aromatic N) is 2. The number of fused-ring (bicyclic) bond motifs is 1. The third-order valence-corrected chi connectivity index (χ3v) is 8.30. The lowest BCUT2D eigenvalue weighted by Crippen LogP contribution is -2.41. The summed E-state index contributed by atoms with van der Waals surface area (Å²) < 4.78 is 11.5. The molecule has 0 saturated carbocycles. The van der Waals surface area contributed by atoms with Crippen LogP contribution in [0.5, 0.6) is 11.5 Å². The number of aliphatic carboxylic acids is 1. The van der Waals surface area contributed by atoms with Gasteiger partial charge in [0.2, 0.25) is 5.91 Å². The first-order valence-corrected chi connectivity index (χ1v) is 14.7. The number of rotatable bonds is 10. The summed E-state index contributed by atoms with van der Waals surface area (Å²) >= 11 is 0. The van der Waals surface area contributed by atoms with E-state index in [2.05, 4.69) is 30.9 Å². The number of aryl methyl sites for hydroxylation is 2. The van der Waals surface area contributed by atoms with Gasteiger partial charge in [-0.2, -0.15) is 0 Å². The zero-order valence-electron chi connectivity index (χ0n) is 24.2. The van der Waals surface area contributed by atoms with Crippen LogP contribution in [-0.4, -0.2) is 54.7 Å². The maximum Gasteiger partial charge on any atom is 0.309 e. The van der Waals surface area contributed by atoms with Crippen LogP contribution in [0, 0.1) is 12.8 Å². The van der Waals surface area contributed by atoms with Crippen molar-refractivity contribution in [3.05, 3.63) is 89.0 Å². The molecule has 2 heterocycles. The van der Waals surface area contributed by atoms with Crippen molar-refractivity contribution >= 4 is 17.6 Å². The van der Waals surface area contributed by atoms with Crippen LogP contribution < -0.4 is 14.4 Å². The molecule has 2 aliphatic heterocycles. The Morgan fingerprint density at radius 2 is 1.68 bits per heavy atom. The van der Waals surface area contributed by atoms with Gasteiger partial charge in [-0.3, -0.25) is 14.5 Å². The third kappa shape index (κ3) is 6.25. The minimum atomic E-state index is -0.870. The summed E-state index contributed by atoms with van der Waals surface area (Å²) in [6.07, 6.45) is 2.76. The number of carboxylic acids is 1. The summed E-state index contributed by atoms with van der Waals surface area (Å²) in [4.78, 5) is 30.9. The number of carboxylic acid groups (broad SMARTS) is 1. The van der Waals surface area contributed by atoms with Crippen LogP contribution in [0.2, 0.25) is 0 Å². The summed E-state index contributed by atoms with van der Waals surface area (Å²) in [5.74, 6) is -0.636. The van der Waals surface area contributed by atoms with Crippen LogP contribution in [-0.2, 0) is 16.0 Å². The predicted octanol–water partition coefficient (Wildman–Crippen LogP) is 6.00. The predicted molar refractivity (Wildman–Crippen MR) is 160 cm³/mol. The molecule has 1 N–H and O–H groups in total. The van der Waals surface area contributed by atoms with Crippen LogP contribution in [0.15, 0.2) is 66.7 Å². The Bertz CT molecular complexity index is 1370. The average Bonchev–Trinajstić information content (AvgIpc) is 3.36. The van der Waals surface area contributed by atoms with Crippen molar-refractivity contribution in [1.29, 1.82) is 0 Å². The minimum absolute atomic E-state index is 0.0220. The van der Waals surface area contributed by atoms with E-state index in [1.807, 2.05) is 66.4 Å². The Labute approximate surface area is 242 Å². The summed E-state index contributed by atoms with van der Waals surface area (Å²) in [5.41, 5.74) is 4.96. The van der Waals surface area contributed by atoms with E-state index in [0.29, 0.717) is 37.8 Å². The van der Waals surface area contributed by atoms with Gasteiger partial charge in [-0.15, -0.1) is 0 Å². The molecular weight excluding hydrogens is 516 g/mol. The molecule has 0 bridgehead atoms.